The van der Waals surface area contributed by atoms with Crippen molar-refractivity contribution in [2.45, 2.75) is 38.6 Å². The van der Waals surface area contributed by atoms with Crippen LogP contribution in [-0.2, 0) is 11.2 Å². The molecule has 0 saturated carbocycles. The number of carboxylic acids is 1. The van der Waals surface area contributed by atoms with Gasteiger partial charge in [0, 0.05) is 12.1 Å². The van der Waals surface area contributed by atoms with Crippen molar-refractivity contribution < 1.29 is 14.7 Å². The minimum absolute atomic E-state index is 0.213. The number of rotatable bonds is 9. The van der Waals surface area contributed by atoms with Crippen LogP contribution in [0.3, 0.4) is 0 Å². The zero-order chi connectivity index (χ0) is 18.1. The molecule has 4 heteroatoms. The van der Waals surface area contributed by atoms with Crippen LogP contribution in [-0.4, -0.2) is 34.5 Å². The summed E-state index contributed by atoms with van der Waals surface area (Å²) in [5.74, 6) is -1.16. The van der Waals surface area contributed by atoms with Crippen LogP contribution in [0.4, 0.5) is 0 Å². The van der Waals surface area contributed by atoms with Crippen molar-refractivity contribution >= 4 is 11.9 Å². The highest BCUT2D eigenvalue weighted by Gasteiger charge is 2.29. The molecule has 132 valence electrons. The standard InChI is InChI=1S/C21H25NO3/c1-2-3-16-22(20(23)18-12-8-5-9-13-18)19(21(24)25)15-14-17-10-6-4-7-11-17/h4-13,19H,2-3,14-16H2,1H3,(H,24,25). The SMILES string of the molecule is CCCCN(C(=O)c1ccccc1)C(CCc1ccccc1)C(=O)O. The van der Waals surface area contributed by atoms with E-state index in [0.29, 0.717) is 24.9 Å². The number of amides is 1. The molecule has 4 nitrogen and oxygen atoms in total. The fourth-order valence-electron chi connectivity index (χ4n) is 2.83. The molecule has 1 amide bonds. The Labute approximate surface area is 149 Å². The summed E-state index contributed by atoms with van der Waals surface area (Å²) in [7, 11) is 0. The van der Waals surface area contributed by atoms with E-state index < -0.39 is 12.0 Å². The van der Waals surface area contributed by atoms with Gasteiger partial charge < -0.3 is 10.0 Å². The van der Waals surface area contributed by atoms with Crippen LogP contribution in [0.5, 0.6) is 0 Å². The first-order chi connectivity index (χ1) is 12.1. The number of aliphatic carboxylic acids is 1. The first kappa shape index (κ1) is 18.7. The Morgan fingerprint density at radius 2 is 1.60 bits per heavy atom. The van der Waals surface area contributed by atoms with Gasteiger partial charge in [0.05, 0.1) is 0 Å². The molecule has 0 spiro atoms. The molecular formula is C21H25NO3. The van der Waals surface area contributed by atoms with Gasteiger partial charge in [-0.2, -0.15) is 0 Å². The maximum Gasteiger partial charge on any atom is 0.326 e. The van der Waals surface area contributed by atoms with Gasteiger partial charge in [-0.3, -0.25) is 4.79 Å². The van der Waals surface area contributed by atoms with Gasteiger partial charge >= 0.3 is 5.97 Å². The molecule has 0 fully saturated rings. The molecule has 2 aromatic rings. The van der Waals surface area contributed by atoms with Crippen molar-refractivity contribution in [3.05, 3.63) is 71.8 Å². The van der Waals surface area contributed by atoms with Crippen LogP contribution in [0.2, 0.25) is 0 Å². The predicted octanol–water partition coefficient (Wildman–Crippen LogP) is 4.01. The topological polar surface area (TPSA) is 57.6 Å². The third-order valence-electron chi connectivity index (χ3n) is 4.24. The number of hydrogen-bond donors (Lipinski definition) is 1. The lowest BCUT2D eigenvalue weighted by atomic mass is 10.0. The lowest BCUT2D eigenvalue weighted by Crippen LogP contribution is -2.46. The summed E-state index contributed by atoms with van der Waals surface area (Å²) >= 11 is 0. The van der Waals surface area contributed by atoms with Gasteiger partial charge in [-0.1, -0.05) is 61.9 Å². The second-order valence-corrected chi connectivity index (χ2v) is 6.10. The largest absolute Gasteiger partial charge is 0.480 e. The number of benzene rings is 2. The molecule has 0 heterocycles. The Morgan fingerprint density at radius 3 is 2.16 bits per heavy atom. The summed E-state index contributed by atoms with van der Waals surface area (Å²) in [5, 5.41) is 9.72. The van der Waals surface area contributed by atoms with E-state index in [1.54, 1.807) is 24.3 Å². The normalized spacial score (nSPS) is 11.7. The zero-order valence-electron chi connectivity index (χ0n) is 14.6. The average Bonchev–Trinajstić information content (AvgIpc) is 2.65. The van der Waals surface area contributed by atoms with Gasteiger partial charge in [0.25, 0.3) is 5.91 Å². The maximum atomic E-state index is 12.9. The number of carbonyl (C=O) groups excluding carboxylic acids is 1. The lowest BCUT2D eigenvalue weighted by molar-refractivity contribution is -0.142. The van der Waals surface area contributed by atoms with Crippen molar-refractivity contribution in [1.29, 1.82) is 0 Å². The monoisotopic (exact) mass is 339 g/mol. The number of carboxylic acid groups (broad SMARTS) is 1. The molecule has 0 aromatic heterocycles. The maximum absolute atomic E-state index is 12.9. The van der Waals surface area contributed by atoms with E-state index in [9.17, 15) is 14.7 Å². The average molecular weight is 339 g/mol. The van der Waals surface area contributed by atoms with Gasteiger partial charge in [0.1, 0.15) is 6.04 Å². The Hall–Kier alpha value is -2.62. The predicted molar refractivity (Wildman–Crippen MR) is 98.6 cm³/mol. The number of unbranched alkanes of at least 4 members (excludes halogenated alkanes) is 1. The van der Waals surface area contributed by atoms with E-state index in [0.717, 1.165) is 18.4 Å². The molecule has 0 saturated heterocycles. The van der Waals surface area contributed by atoms with Crippen LogP contribution < -0.4 is 0 Å². The smallest absolute Gasteiger partial charge is 0.326 e. The zero-order valence-corrected chi connectivity index (χ0v) is 14.6. The van der Waals surface area contributed by atoms with Crippen molar-refractivity contribution in [1.82, 2.24) is 4.90 Å². The van der Waals surface area contributed by atoms with Gasteiger partial charge in [-0.05, 0) is 37.0 Å². The van der Waals surface area contributed by atoms with Crippen LogP contribution in [0.15, 0.2) is 60.7 Å². The van der Waals surface area contributed by atoms with E-state index in [1.807, 2.05) is 43.3 Å². The second-order valence-electron chi connectivity index (χ2n) is 6.10. The number of carbonyl (C=O) groups is 2. The minimum atomic E-state index is -0.948. The van der Waals surface area contributed by atoms with Crippen LogP contribution in [0.1, 0.15) is 42.1 Å². The second kappa shape index (κ2) is 9.62. The Morgan fingerprint density at radius 1 is 1.00 bits per heavy atom. The number of aryl methyl sites for hydroxylation is 1. The molecule has 0 aliphatic rings. The molecule has 0 bridgehead atoms. The third kappa shape index (κ3) is 5.45. The van der Waals surface area contributed by atoms with Gasteiger partial charge in [-0.15, -0.1) is 0 Å². The Balaban J connectivity index is 2.18. The van der Waals surface area contributed by atoms with E-state index in [4.69, 9.17) is 0 Å². The highest BCUT2D eigenvalue weighted by atomic mass is 16.4. The van der Waals surface area contributed by atoms with Crippen molar-refractivity contribution in [2.75, 3.05) is 6.54 Å². The van der Waals surface area contributed by atoms with Crippen LogP contribution in [0.25, 0.3) is 0 Å². The highest BCUT2D eigenvalue weighted by Crippen LogP contribution is 2.16. The van der Waals surface area contributed by atoms with E-state index >= 15 is 0 Å². The number of nitrogens with zero attached hydrogens (tertiary/aromatic N) is 1. The molecule has 0 aliphatic carbocycles. The first-order valence-electron chi connectivity index (χ1n) is 8.76. The quantitative estimate of drug-likeness (QED) is 0.751. The molecular weight excluding hydrogens is 314 g/mol. The Bertz CT molecular complexity index is 670. The lowest BCUT2D eigenvalue weighted by Gasteiger charge is -2.29. The summed E-state index contributed by atoms with van der Waals surface area (Å²) in [6.07, 6.45) is 2.72. The third-order valence-corrected chi connectivity index (χ3v) is 4.24. The Kier molecular flexibility index (Phi) is 7.20. The van der Waals surface area contributed by atoms with Gasteiger partial charge in [0.2, 0.25) is 0 Å². The fourth-order valence-corrected chi connectivity index (χ4v) is 2.83. The van der Waals surface area contributed by atoms with Crippen molar-refractivity contribution in [3.8, 4) is 0 Å². The van der Waals surface area contributed by atoms with Crippen LogP contribution >= 0.6 is 0 Å². The van der Waals surface area contributed by atoms with E-state index in [-0.39, 0.29) is 5.91 Å². The van der Waals surface area contributed by atoms with Gasteiger partial charge in [-0.25, -0.2) is 4.79 Å². The highest BCUT2D eigenvalue weighted by molar-refractivity contribution is 5.96. The van der Waals surface area contributed by atoms with Crippen molar-refractivity contribution in [2.24, 2.45) is 0 Å². The summed E-state index contributed by atoms with van der Waals surface area (Å²) in [4.78, 5) is 26.3. The van der Waals surface area contributed by atoms with E-state index in [1.165, 1.54) is 4.90 Å². The van der Waals surface area contributed by atoms with Gasteiger partial charge in [0.15, 0.2) is 0 Å². The summed E-state index contributed by atoms with van der Waals surface area (Å²) in [6.45, 7) is 2.49. The van der Waals surface area contributed by atoms with Crippen LogP contribution in [0, 0.1) is 0 Å². The van der Waals surface area contributed by atoms with E-state index in [2.05, 4.69) is 0 Å². The van der Waals surface area contributed by atoms with Crippen molar-refractivity contribution in [3.63, 3.8) is 0 Å². The minimum Gasteiger partial charge on any atom is -0.480 e. The molecule has 0 radical (unpaired) electrons. The number of hydrogen-bond acceptors (Lipinski definition) is 2. The molecule has 1 N–H and O–H groups in total. The molecule has 0 aliphatic heterocycles. The molecule has 1 atom stereocenters. The molecule has 25 heavy (non-hydrogen) atoms. The summed E-state index contributed by atoms with van der Waals surface area (Å²) < 4.78 is 0. The fraction of sp³-hybridized carbons (Fsp3) is 0.333. The first-order valence-corrected chi connectivity index (χ1v) is 8.76. The summed E-state index contributed by atoms with van der Waals surface area (Å²) in [6, 6.07) is 17.9. The molecule has 1 unspecified atom stereocenters. The summed E-state index contributed by atoms with van der Waals surface area (Å²) in [5.41, 5.74) is 1.61. The molecule has 2 aromatic carbocycles. The molecule has 2 rings (SSSR count).